The van der Waals surface area contributed by atoms with E-state index in [2.05, 4.69) is 15.9 Å². The average molecular weight is 254 g/mol. The fraction of sp³-hybridized carbons (Fsp3) is 0.300. The van der Waals surface area contributed by atoms with Crippen LogP contribution in [-0.2, 0) is 11.2 Å². The normalized spacial score (nSPS) is 19.0. The van der Waals surface area contributed by atoms with E-state index in [0.29, 0.717) is 16.5 Å². The summed E-state index contributed by atoms with van der Waals surface area (Å²) in [7, 11) is 0. The standard InChI is InChI=1S/C10H8BrNO2/c11-9-2-6(4-12)1-7(10(9)13)3-8-5-14-8/h1-2,8,13H,3,5H2. The van der Waals surface area contributed by atoms with Crippen molar-refractivity contribution in [2.45, 2.75) is 12.5 Å². The van der Waals surface area contributed by atoms with Crippen LogP contribution < -0.4 is 0 Å². The number of hydrogen-bond acceptors (Lipinski definition) is 3. The van der Waals surface area contributed by atoms with Crippen molar-refractivity contribution in [2.75, 3.05) is 6.61 Å². The first-order valence-electron chi connectivity index (χ1n) is 4.24. The van der Waals surface area contributed by atoms with Crippen LogP contribution in [0.15, 0.2) is 16.6 Å². The summed E-state index contributed by atoms with van der Waals surface area (Å²) in [6.07, 6.45) is 0.877. The highest BCUT2D eigenvalue weighted by Gasteiger charge is 2.24. The maximum atomic E-state index is 9.68. The highest BCUT2D eigenvalue weighted by molar-refractivity contribution is 9.10. The molecule has 4 heteroatoms. The van der Waals surface area contributed by atoms with E-state index in [-0.39, 0.29) is 11.9 Å². The highest BCUT2D eigenvalue weighted by Crippen LogP contribution is 2.31. The van der Waals surface area contributed by atoms with Gasteiger partial charge in [-0.05, 0) is 33.6 Å². The fourth-order valence-corrected chi connectivity index (χ4v) is 1.81. The lowest BCUT2D eigenvalue weighted by Crippen LogP contribution is -1.95. The van der Waals surface area contributed by atoms with Crippen LogP contribution in [-0.4, -0.2) is 17.8 Å². The van der Waals surface area contributed by atoms with Crippen LogP contribution in [0.2, 0.25) is 0 Å². The van der Waals surface area contributed by atoms with Gasteiger partial charge in [0, 0.05) is 6.42 Å². The van der Waals surface area contributed by atoms with Crippen LogP contribution in [0.3, 0.4) is 0 Å². The zero-order valence-electron chi connectivity index (χ0n) is 7.33. The fourth-order valence-electron chi connectivity index (χ4n) is 1.31. The lowest BCUT2D eigenvalue weighted by atomic mass is 10.1. The summed E-state index contributed by atoms with van der Waals surface area (Å²) in [5.41, 5.74) is 1.31. The molecule has 1 unspecified atom stereocenters. The maximum absolute atomic E-state index is 9.68. The summed E-state index contributed by atoms with van der Waals surface area (Å²) in [5.74, 6) is 0.208. The van der Waals surface area contributed by atoms with Crippen molar-refractivity contribution in [3.63, 3.8) is 0 Å². The Hall–Kier alpha value is -1.05. The second kappa shape index (κ2) is 3.60. The SMILES string of the molecule is N#Cc1cc(Br)c(O)c(CC2CO2)c1. The number of ether oxygens (including phenoxy) is 1. The molecule has 3 nitrogen and oxygen atoms in total. The number of benzene rings is 1. The van der Waals surface area contributed by atoms with Crippen molar-refractivity contribution in [2.24, 2.45) is 0 Å². The van der Waals surface area contributed by atoms with E-state index < -0.39 is 0 Å². The number of nitriles is 1. The highest BCUT2D eigenvalue weighted by atomic mass is 79.9. The number of hydrogen-bond donors (Lipinski definition) is 1. The molecule has 1 N–H and O–H groups in total. The van der Waals surface area contributed by atoms with Crippen molar-refractivity contribution in [3.05, 3.63) is 27.7 Å². The minimum atomic E-state index is 0.208. The topological polar surface area (TPSA) is 56.5 Å². The molecule has 0 radical (unpaired) electrons. The van der Waals surface area contributed by atoms with Crippen LogP contribution in [0.25, 0.3) is 0 Å². The van der Waals surface area contributed by atoms with Crippen LogP contribution in [0.4, 0.5) is 0 Å². The van der Waals surface area contributed by atoms with Crippen molar-refractivity contribution in [3.8, 4) is 11.8 Å². The van der Waals surface area contributed by atoms with E-state index >= 15 is 0 Å². The molecule has 0 saturated carbocycles. The molecule has 72 valence electrons. The molecule has 1 aromatic carbocycles. The number of phenolic OH excluding ortho intramolecular Hbond substituents is 1. The van der Waals surface area contributed by atoms with Gasteiger partial charge in [0.15, 0.2) is 0 Å². The van der Waals surface area contributed by atoms with E-state index in [0.717, 1.165) is 12.2 Å². The molecular formula is C10H8BrNO2. The van der Waals surface area contributed by atoms with Crippen molar-refractivity contribution < 1.29 is 9.84 Å². The Morgan fingerprint density at radius 1 is 1.64 bits per heavy atom. The molecule has 1 aliphatic rings. The molecule has 1 aliphatic heterocycles. The molecule has 1 aromatic rings. The molecule has 0 aromatic heterocycles. The Kier molecular flexibility index (Phi) is 2.44. The molecule has 14 heavy (non-hydrogen) atoms. The predicted octanol–water partition coefficient (Wildman–Crippen LogP) is 1.97. The molecule has 1 fully saturated rings. The summed E-state index contributed by atoms with van der Waals surface area (Å²) in [4.78, 5) is 0. The van der Waals surface area contributed by atoms with Gasteiger partial charge in [-0.1, -0.05) is 0 Å². The molecule has 0 spiro atoms. The van der Waals surface area contributed by atoms with Gasteiger partial charge in [0.05, 0.1) is 28.8 Å². The van der Waals surface area contributed by atoms with Crippen LogP contribution in [0.1, 0.15) is 11.1 Å². The Labute approximate surface area is 90.1 Å². The van der Waals surface area contributed by atoms with Gasteiger partial charge in [-0.3, -0.25) is 0 Å². The van der Waals surface area contributed by atoms with Gasteiger partial charge in [-0.2, -0.15) is 5.26 Å². The van der Waals surface area contributed by atoms with Gasteiger partial charge in [-0.15, -0.1) is 0 Å². The zero-order valence-corrected chi connectivity index (χ0v) is 8.91. The summed E-state index contributed by atoms with van der Waals surface area (Å²) in [6, 6.07) is 5.35. The number of halogens is 1. The third-order valence-corrected chi connectivity index (χ3v) is 2.73. The third-order valence-electron chi connectivity index (χ3n) is 2.12. The molecule has 0 amide bonds. The maximum Gasteiger partial charge on any atom is 0.133 e. The quantitative estimate of drug-likeness (QED) is 0.821. The first-order valence-corrected chi connectivity index (χ1v) is 5.03. The molecule has 2 rings (SSSR count). The average Bonchev–Trinajstić information content (AvgIpc) is 2.96. The number of nitrogens with zero attached hydrogens (tertiary/aromatic N) is 1. The summed E-state index contributed by atoms with van der Waals surface area (Å²) in [6.45, 7) is 0.744. The Balaban J connectivity index is 2.35. The summed E-state index contributed by atoms with van der Waals surface area (Å²) in [5, 5.41) is 18.4. The molecule has 0 bridgehead atoms. The Morgan fingerprint density at radius 2 is 2.36 bits per heavy atom. The van der Waals surface area contributed by atoms with E-state index in [4.69, 9.17) is 10.00 Å². The minimum Gasteiger partial charge on any atom is -0.506 e. The molecule has 1 saturated heterocycles. The van der Waals surface area contributed by atoms with Crippen molar-refractivity contribution in [1.82, 2.24) is 0 Å². The third kappa shape index (κ3) is 1.89. The van der Waals surface area contributed by atoms with Gasteiger partial charge in [0.25, 0.3) is 0 Å². The van der Waals surface area contributed by atoms with E-state index in [9.17, 15) is 5.11 Å². The smallest absolute Gasteiger partial charge is 0.133 e. The number of rotatable bonds is 2. The molecule has 1 heterocycles. The number of epoxide rings is 1. The molecule has 0 aliphatic carbocycles. The Morgan fingerprint density at radius 3 is 2.93 bits per heavy atom. The molecule has 1 atom stereocenters. The van der Waals surface area contributed by atoms with Crippen LogP contribution >= 0.6 is 15.9 Å². The van der Waals surface area contributed by atoms with E-state index in [1.54, 1.807) is 12.1 Å². The zero-order chi connectivity index (χ0) is 10.1. The van der Waals surface area contributed by atoms with Gasteiger partial charge in [-0.25, -0.2) is 0 Å². The van der Waals surface area contributed by atoms with Gasteiger partial charge in [0.1, 0.15) is 5.75 Å². The van der Waals surface area contributed by atoms with Gasteiger partial charge >= 0.3 is 0 Å². The van der Waals surface area contributed by atoms with Crippen LogP contribution in [0.5, 0.6) is 5.75 Å². The van der Waals surface area contributed by atoms with Crippen LogP contribution in [0, 0.1) is 11.3 Å². The second-order valence-electron chi connectivity index (χ2n) is 3.24. The Bertz CT molecular complexity index is 407. The second-order valence-corrected chi connectivity index (χ2v) is 4.09. The minimum absolute atomic E-state index is 0.208. The monoisotopic (exact) mass is 253 g/mol. The molecular weight excluding hydrogens is 246 g/mol. The number of aromatic hydroxyl groups is 1. The summed E-state index contributed by atoms with van der Waals surface area (Å²) >= 11 is 3.21. The lowest BCUT2D eigenvalue weighted by Gasteiger charge is -2.05. The predicted molar refractivity (Wildman–Crippen MR) is 54.0 cm³/mol. The first kappa shape index (κ1) is 9.50. The van der Waals surface area contributed by atoms with Crippen molar-refractivity contribution >= 4 is 15.9 Å². The van der Waals surface area contributed by atoms with Crippen molar-refractivity contribution in [1.29, 1.82) is 5.26 Å². The van der Waals surface area contributed by atoms with Gasteiger partial charge < -0.3 is 9.84 Å². The van der Waals surface area contributed by atoms with E-state index in [1.165, 1.54) is 0 Å². The first-order chi connectivity index (χ1) is 6.70. The lowest BCUT2D eigenvalue weighted by molar-refractivity contribution is 0.401. The summed E-state index contributed by atoms with van der Waals surface area (Å²) < 4.78 is 5.63. The van der Waals surface area contributed by atoms with E-state index in [1.807, 2.05) is 6.07 Å². The number of phenols is 1. The largest absolute Gasteiger partial charge is 0.506 e. The van der Waals surface area contributed by atoms with Gasteiger partial charge in [0.2, 0.25) is 0 Å².